The molecule has 7 heteroatoms. The zero-order valence-corrected chi connectivity index (χ0v) is 20.7. The van der Waals surface area contributed by atoms with Crippen LogP contribution in [0.2, 0.25) is 0 Å². The van der Waals surface area contributed by atoms with Crippen molar-refractivity contribution in [3.05, 3.63) is 60.3 Å². The van der Waals surface area contributed by atoms with Crippen LogP contribution in [0.25, 0.3) is 0 Å². The van der Waals surface area contributed by atoms with Crippen LogP contribution in [0.1, 0.15) is 25.3 Å². The lowest BCUT2D eigenvalue weighted by molar-refractivity contribution is 0.0530. The fourth-order valence-electron chi connectivity index (χ4n) is 4.43. The molecular weight excluding hydrogens is 501 g/mol. The Kier molecular flexibility index (Phi) is 8.95. The largest absolute Gasteiger partial charge is 0.381 e. The summed E-state index contributed by atoms with van der Waals surface area (Å²) in [5, 5.41) is 3.53. The third-order valence-electron chi connectivity index (χ3n) is 6.25. The van der Waals surface area contributed by atoms with E-state index in [2.05, 4.69) is 69.5 Å². The second kappa shape index (κ2) is 11.7. The van der Waals surface area contributed by atoms with E-state index in [9.17, 15) is 0 Å². The summed E-state index contributed by atoms with van der Waals surface area (Å²) in [6, 6.07) is 17.0. The molecule has 1 aromatic heterocycles. The van der Waals surface area contributed by atoms with E-state index in [-0.39, 0.29) is 29.4 Å². The predicted octanol–water partition coefficient (Wildman–Crippen LogP) is 3.54. The zero-order valence-electron chi connectivity index (χ0n) is 18.4. The molecule has 0 amide bonds. The number of benzene rings is 1. The Bertz CT molecular complexity index is 803. The fourth-order valence-corrected chi connectivity index (χ4v) is 4.43. The van der Waals surface area contributed by atoms with Crippen molar-refractivity contribution in [1.82, 2.24) is 15.2 Å². The highest BCUT2D eigenvalue weighted by Gasteiger charge is 2.34. The second-order valence-electron chi connectivity index (χ2n) is 8.09. The number of hydrogen-bond acceptors (Lipinski definition) is 4. The van der Waals surface area contributed by atoms with Gasteiger partial charge in [-0.2, -0.15) is 0 Å². The van der Waals surface area contributed by atoms with Gasteiger partial charge in [0, 0.05) is 57.5 Å². The van der Waals surface area contributed by atoms with Gasteiger partial charge in [-0.15, -0.1) is 24.0 Å². The summed E-state index contributed by atoms with van der Waals surface area (Å²) in [7, 11) is 0. The van der Waals surface area contributed by atoms with Crippen LogP contribution in [0.5, 0.6) is 0 Å². The molecule has 0 bridgehead atoms. The summed E-state index contributed by atoms with van der Waals surface area (Å²) in [6.07, 6.45) is 3.91. The van der Waals surface area contributed by atoms with Gasteiger partial charge >= 0.3 is 0 Å². The van der Waals surface area contributed by atoms with Crippen LogP contribution in [0.15, 0.2) is 59.7 Å². The normalized spacial score (nSPS) is 18.9. The molecule has 168 valence electrons. The first-order valence-corrected chi connectivity index (χ1v) is 11.1. The molecule has 4 rings (SSSR count). The van der Waals surface area contributed by atoms with E-state index in [4.69, 9.17) is 9.73 Å². The van der Waals surface area contributed by atoms with Crippen LogP contribution in [-0.4, -0.2) is 68.3 Å². The van der Waals surface area contributed by atoms with Crippen LogP contribution < -0.4 is 10.2 Å². The minimum absolute atomic E-state index is 0. The molecule has 2 aliphatic rings. The minimum atomic E-state index is 0. The van der Waals surface area contributed by atoms with Crippen molar-refractivity contribution < 1.29 is 4.74 Å². The lowest BCUT2D eigenvalue weighted by Gasteiger charge is -2.39. The maximum Gasteiger partial charge on any atom is 0.194 e. The topological polar surface area (TPSA) is 53.0 Å². The van der Waals surface area contributed by atoms with Crippen molar-refractivity contribution in [2.75, 3.05) is 57.4 Å². The Morgan fingerprint density at radius 3 is 2.39 bits per heavy atom. The third kappa shape index (κ3) is 5.88. The maximum absolute atomic E-state index is 5.68. The highest BCUT2D eigenvalue weighted by molar-refractivity contribution is 14.0. The van der Waals surface area contributed by atoms with E-state index < -0.39 is 0 Å². The summed E-state index contributed by atoms with van der Waals surface area (Å²) < 4.78 is 5.68. The Balaban J connectivity index is 0.00000272. The van der Waals surface area contributed by atoms with Crippen molar-refractivity contribution >= 4 is 35.8 Å². The number of guanidine groups is 1. The Hall–Kier alpha value is -1.87. The van der Waals surface area contributed by atoms with Gasteiger partial charge in [-0.1, -0.05) is 36.4 Å². The average molecular weight is 535 g/mol. The van der Waals surface area contributed by atoms with Gasteiger partial charge in [0.05, 0.1) is 6.54 Å². The minimum Gasteiger partial charge on any atom is -0.381 e. The highest BCUT2D eigenvalue weighted by Crippen LogP contribution is 2.35. The number of hydrogen-bond donors (Lipinski definition) is 1. The smallest absolute Gasteiger partial charge is 0.194 e. The first-order valence-electron chi connectivity index (χ1n) is 11.1. The van der Waals surface area contributed by atoms with Crippen molar-refractivity contribution in [3.63, 3.8) is 0 Å². The summed E-state index contributed by atoms with van der Waals surface area (Å²) in [5.41, 5.74) is 1.45. The van der Waals surface area contributed by atoms with Crippen LogP contribution in [0, 0.1) is 0 Å². The molecule has 0 radical (unpaired) electrons. The van der Waals surface area contributed by atoms with Crippen LogP contribution >= 0.6 is 24.0 Å². The maximum atomic E-state index is 5.68. The molecule has 0 unspecified atom stereocenters. The number of nitrogens with one attached hydrogen (secondary N) is 1. The summed E-state index contributed by atoms with van der Waals surface area (Å²) in [5.74, 6) is 2.09. The predicted molar refractivity (Wildman–Crippen MR) is 138 cm³/mol. The van der Waals surface area contributed by atoms with Crippen molar-refractivity contribution in [2.24, 2.45) is 4.99 Å². The molecule has 0 atom stereocenters. The van der Waals surface area contributed by atoms with Crippen LogP contribution in [-0.2, 0) is 10.2 Å². The zero-order chi connectivity index (χ0) is 20.7. The highest BCUT2D eigenvalue weighted by atomic mass is 127. The number of nitrogens with zero attached hydrogens (tertiary/aromatic N) is 4. The molecule has 0 spiro atoms. The molecule has 2 fully saturated rings. The van der Waals surface area contributed by atoms with Gasteiger partial charge in [0.15, 0.2) is 5.96 Å². The van der Waals surface area contributed by atoms with E-state index in [1.165, 1.54) is 5.56 Å². The molecule has 31 heavy (non-hydrogen) atoms. The van der Waals surface area contributed by atoms with Crippen LogP contribution in [0.4, 0.5) is 5.82 Å². The Morgan fingerprint density at radius 2 is 1.74 bits per heavy atom. The van der Waals surface area contributed by atoms with E-state index in [1.807, 2.05) is 12.3 Å². The van der Waals surface area contributed by atoms with Crippen molar-refractivity contribution in [1.29, 1.82) is 0 Å². The molecule has 6 nitrogen and oxygen atoms in total. The number of piperazine rings is 1. The van der Waals surface area contributed by atoms with E-state index in [0.29, 0.717) is 0 Å². The average Bonchev–Trinajstić information content (AvgIpc) is 2.84. The number of pyridine rings is 1. The van der Waals surface area contributed by atoms with E-state index in [1.54, 1.807) is 0 Å². The summed E-state index contributed by atoms with van der Waals surface area (Å²) >= 11 is 0. The number of aliphatic imine (C=N–C) groups is 1. The Morgan fingerprint density at radius 1 is 1.03 bits per heavy atom. The first-order chi connectivity index (χ1) is 14.8. The van der Waals surface area contributed by atoms with Gasteiger partial charge in [0.1, 0.15) is 5.82 Å². The van der Waals surface area contributed by atoms with Crippen molar-refractivity contribution in [3.8, 4) is 0 Å². The second-order valence-corrected chi connectivity index (χ2v) is 8.09. The number of halogens is 1. The molecule has 0 aliphatic carbocycles. The van der Waals surface area contributed by atoms with Gasteiger partial charge in [0.25, 0.3) is 0 Å². The van der Waals surface area contributed by atoms with Crippen molar-refractivity contribution in [2.45, 2.75) is 25.2 Å². The molecule has 0 saturated carbocycles. The molecule has 2 aliphatic heterocycles. The molecule has 1 aromatic carbocycles. The molecule has 2 saturated heterocycles. The number of anilines is 1. The molecule has 1 N–H and O–H groups in total. The Labute approximate surface area is 203 Å². The number of aromatic nitrogens is 1. The summed E-state index contributed by atoms with van der Waals surface area (Å²) in [4.78, 5) is 14.4. The monoisotopic (exact) mass is 535 g/mol. The molecular formula is C24H34IN5O. The van der Waals surface area contributed by atoms with Gasteiger partial charge in [-0.05, 0) is 37.5 Å². The fraction of sp³-hybridized carbons (Fsp3) is 0.500. The van der Waals surface area contributed by atoms with E-state index >= 15 is 0 Å². The number of rotatable bonds is 5. The lowest BCUT2D eigenvalue weighted by Crippen LogP contribution is -2.53. The van der Waals surface area contributed by atoms with Gasteiger partial charge in [-0.25, -0.2) is 4.98 Å². The van der Waals surface area contributed by atoms with Gasteiger partial charge in [0.2, 0.25) is 0 Å². The first kappa shape index (κ1) is 23.8. The van der Waals surface area contributed by atoms with E-state index in [0.717, 1.165) is 77.1 Å². The SMILES string of the molecule is CCNC(=NCC1(c2ccccc2)CCOCC1)N1CCN(c2ccccn2)CC1.I. The number of ether oxygens (including phenoxy) is 1. The van der Waals surface area contributed by atoms with Gasteiger partial charge in [-0.3, -0.25) is 4.99 Å². The molecule has 2 aromatic rings. The summed E-state index contributed by atoms with van der Waals surface area (Å²) in [6.45, 7) is 9.24. The van der Waals surface area contributed by atoms with Crippen LogP contribution in [0.3, 0.4) is 0 Å². The standard InChI is InChI=1S/C24H33N5O.HI/c1-2-25-23(29-16-14-28(15-17-29)22-10-6-7-13-26-22)27-20-24(11-18-30-19-12-24)21-8-4-3-5-9-21;/h3-10,13H,2,11-12,14-20H2,1H3,(H,25,27);1H. The molecule has 3 heterocycles. The third-order valence-corrected chi connectivity index (χ3v) is 6.25. The lowest BCUT2D eigenvalue weighted by atomic mass is 9.74. The van der Waals surface area contributed by atoms with Gasteiger partial charge < -0.3 is 19.9 Å². The quantitative estimate of drug-likeness (QED) is 0.361.